The van der Waals surface area contributed by atoms with Gasteiger partial charge in [0.05, 0.1) is 5.56 Å². The highest BCUT2D eigenvalue weighted by atomic mass is 16.2. The summed E-state index contributed by atoms with van der Waals surface area (Å²) in [4.78, 5) is 22.5. The van der Waals surface area contributed by atoms with Crippen LogP contribution in [0.1, 0.15) is 24.2 Å². The number of nitrogens with one attached hydrogen (secondary N) is 1. The summed E-state index contributed by atoms with van der Waals surface area (Å²) in [5.74, 6) is -0.157. The average molecular weight is 194 g/mol. The molecular weight excluding hydrogens is 180 g/mol. The monoisotopic (exact) mass is 194 g/mol. The molecule has 1 rings (SSSR count). The number of aryl methyl sites for hydroxylation is 1. The summed E-state index contributed by atoms with van der Waals surface area (Å²) in [5.41, 5.74) is 0.381. The van der Waals surface area contributed by atoms with Crippen LogP contribution in [0.5, 0.6) is 0 Å². The Bertz CT molecular complexity index is 393. The molecule has 0 saturated heterocycles. The first-order valence-electron chi connectivity index (χ1n) is 4.48. The van der Waals surface area contributed by atoms with Gasteiger partial charge in [-0.15, -0.1) is 0 Å². The summed E-state index contributed by atoms with van der Waals surface area (Å²) in [5, 5.41) is 2.75. The van der Waals surface area contributed by atoms with Gasteiger partial charge >= 0.3 is 0 Å². The molecule has 0 aliphatic heterocycles. The van der Waals surface area contributed by atoms with E-state index in [4.69, 9.17) is 0 Å². The number of nitrogens with zero attached hydrogens (tertiary/aromatic N) is 1. The predicted molar refractivity (Wildman–Crippen MR) is 54.3 cm³/mol. The number of amides is 1. The van der Waals surface area contributed by atoms with E-state index in [0.717, 1.165) is 0 Å². The highest BCUT2D eigenvalue weighted by molar-refractivity contribution is 5.93. The second kappa shape index (κ2) is 4.09. The van der Waals surface area contributed by atoms with Crippen molar-refractivity contribution in [3.63, 3.8) is 0 Å². The fourth-order valence-corrected chi connectivity index (χ4v) is 1.07. The van der Waals surface area contributed by atoms with Gasteiger partial charge in [0.2, 0.25) is 5.56 Å². The zero-order valence-corrected chi connectivity index (χ0v) is 8.57. The van der Waals surface area contributed by atoms with Crippen molar-refractivity contribution in [3.8, 4) is 0 Å². The number of hydrogen-bond acceptors (Lipinski definition) is 2. The van der Waals surface area contributed by atoms with Crippen LogP contribution in [0.4, 0.5) is 0 Å². The van der Waals surface area contributed by atoms with Crippen LogP contribution in [0.25, 0.3) is 0 Å². The lowest BCUT2D eigenvalue weighted by molar-refractivity contribution is 0.0942. The van der Waals surface area contributed by atoms with Crippen molar-refractivity contribution in [1.82, 2.24) is 9.88 Å². The summed E-state index contributed by atoms with van der Waals surface area (Å²) in [6.45, 7) is 3.78. The lowest BCUT2D eigenvalue weighted by atomic mass is 10.2. The van der Waals surface area contributed by atoms with E-state index >= 15 is 0 Å². The molecule has 1 N–H and O–H groups in total. The molecular formula is C10H14N2O2. The van der Waals surface area contributed by atoms with Gasteiger partial charge in [-0.3, -0.25) is 9.59 Å². The van der Waals surface area contributed by atoms with E-state index in [1.807, 2.05) is 13.8 Å². The maximum absolute atomic E-state index is 11.5. The summed E-state index contributed by atoms with van der Waals surface area (Å²) in [6, 6.07) is 3.01. The van der Waals surface area contributed by atoms with Crippen molar-refractivity contribution >= 4 is 5.91 Å². The average Bonchev–Trinajstić information content (AvgIpc) is 2.08. The zero-order chi connectivity index (χ0) is 10.7. The fourth-order valence-electron chi connectivity index (χ4n) is 1.07. The Labute approximate surface area is 82.6 Å². The van der Waals surface area contributed by atoms with Gasteiger partial charge < -0.3 is 9.88 Å². The van der Waals surface area contributed by atoms with Crippen molar-refractivity contribution in [2.24, 2.45) is 7.05 Å². The number of pyridine rings is 1. The van der Waals surface area contributed by atoms with Gasteiger partial charge in [-0.2, -0.15) is 0 Å². The van der Waals surface area contributed by atoms with Crippen molar-refractivity contribution in [2.45, 2.75) is 19.9 Å². The van der Waals surface area contributed by atoms with Crippen molar-refractivity contribution in [2.75, 3.05) is 0 Å². The Balaban J connectivity index is 2.92. The molecule has 0 radical (unpaired) electrons. The van der Waals surface area contributed by atoms with E-state index in [2.05, 4.69) is 5.32 Å². The molecule has 0 bridgehead atoms. The molecule has 0 aliphatic rings. The van der Waals surface area contributed by atoms with Crippen LogP contribution in [0.2, 0.25) is 0 Å². The number of hydrogen-bond donors (Lipinski definition) is 1. The van der Waals surface area contributed by atoms with Crippen molar-refractivity contribution < 1.29 is 4.79 Å². The molecule has 0 aliphatic carbocycles. The molecule has 4 nitrogen and oxygen atoms in total. The number of aromatic nitrogens is 1. The first-order chi connectivity index (χ1) is 6.50. The topological polar surface area (TPSA) is 51.1 Å². The third kappa shape index (κ3) is 2.45. The standard InChI is InChI=1S/C10H14N2O2/c1-7(2)11-10(14)8-4-5-9(13)12(3)6-8/h4-7H,1-3H3,(H,11,14). The summed E-state index contributed by atoms with van der Waals surface area (Å²) in [7, 11) is 1.62. The van der Waals surface area contributed by atoms with E-state index in [-0.39, 0.29) is 17.5 Å². The molecule has 0 spiro atoms. The Kier molecular flexibility index (Phi) is 3.06. The SMILES string of the molecule is CC(C)NC(=O)c1ccc(=O)n(C)c1. The summed E-state index contributed by atoms with van der Waals surface area (Å²) >= 11 is 0. The van der Waals surface area contributed by atoms with Crippen LogP contribution in [-0.2, 0) is 7.05 Å². The minimum Gasteiger partial charge on any atom is -0.350 e. The van der Waals surface area contributed by atoms with Crippen LogP contribution in [0.15, 0.2) is 23.1 Å². The van der Waals surface area contributed by atoms with Gasteiger partial charge in [0.15, 0.2) is 0 Å². The second-order valence-electron chi connectivity index (χ2n) is 3.50. The van der Waals surface area contributed by atoms with Crippen LogP contribution < -0.4 is 10.9 Å². The molecule has 4 heteroatoms. The van der Waals surface area contributed by atoms with Crippen LogP contribution >= 0.6 is 0 Å². The normalized spacial score (nSPS) is 10.3. The van der Waals surface area contributed by atoms with Crippen molar-refractivity contribution in [3.05, 3.63) is 34.2 Å². The van der Waals surface area contributed by atoms with Gasteiger partial charge in [-0.25, -0.2) is 0 Å². The highest BCUT2D eigenvalue weighted by Crippen LogP contribution is 1.95. The lowest BCUT2D eigenvalue weighted by Gasteiger charge is -2.08. The lowest BCUT2D eigenvalue weighted by Crippen LogP contribution is -2.31. The maximum Gasteiger partial charge on any atom is 0.252 e. The maximum atomic E-state index is 11.5. The summed E-state index contributed by atoms with van der Waals surface area (Å²) < 4.78 is 1.38. The van der Waals surface area contributed by atoms with E-state index < -0.39 is 0 Å². The minimum absolute atomic E-state index is 0.0970. The third-order valence-electron chi connectivity index (χ3n) is 1.77. The summed E-state index contributed by atoms with van der Waals surface area (Å²) in [6.07, 6.45) is 1.53. The van der Waals surface area contributed by atoms with Crippen LogP contribution in [0.3, 0.4) is 0 Å². The fraction of sp³-hybridized carbons (Fsp3) is 0.400. The van der Waals surface area contributed by atoms with Crippen molar-refractivity contribution in [1.29, 1.82) is 0 Å². The van der Waals surface area contributed by atoms with Gasteiger partial charge in [0.1, 0.15) is 0 Å². The van der Waals surface area contributed by atoms with Gasteiger partial charge in [0.25, 0.3) is 5.91 Å². The molecule has 1 heterocycles. The Morgan fingerprint density at radius 3 is 2.57 bits per heavy atom. The third-order valence-corrected chi connectivity index (χ3v) is 1.77. The molecule has 0 aromatic carbocycles. The quantitative estimate of drug-likeness (QED) is 0.746. The van der Waals surface area contributed by atoms with Gasteiger partial charge in [-0.1, -0.05) is 0 Å². The minimum atomic E-state index is -0.157. The molecule has 1 amide bonds. The molecule has 14 heavy (non-hydrogen) atoms. The first-order valence-corrected chi connectivity index (χ1v) is 4.48. The van der Waals surface area contributed by atoms with E-state index in [9.17, 15) is 9.59 Å². The molecule has 1 aromatic heterocycles. The van der Waals surface area contributed by atoms with E-state index in [1.54, 1.807) is 7.05 Å². The number of carbonyl (C=O) groups excluding carboxylic acids is 1. The Hall–Kier alpha value is -1.58. The zero-order valence-electron chi connectivity index (χ0n) is 8.57. The Morgan fingerprint density at radius 2 is 2.07 bits per heavy atom. The smallest absolute Gasteiger partial charge is 0.252 e. The van der Waals surface area contributed by atoms with E-state index in [0.29, 0.717) is 5.56 Å². The Morgan fingerprint density at radius 1 is 1.43 bits per heavy atom. The highest BCUT2D eigenvalue weighted by Gasteiger charge is 2.06. The first kappa shape index (κ1) is 10.5. The van der Waals surface area contributed by atoms with Gasteiger partial charge in [-0.05, 0) is 19.9 Å². The molecule has 1 aromatic rings. The van der Waals surface area contributed by atoms with Crippen LogP contribution in [-0.4, -0.2) is 16.5 Å². The predicted octanol–water partition coefficient (Wildman–Crippen LogP) is 0.523. The van der Waals surface area contributed by atoms with Crippen LogP contribution in [0, 0.1) is 0 Å². The molecule has 0 atom stereocenters. The molecule has 0 unspecified atom stereocenters. The number of rotatable bonds is 2. The number of carbonyl (C=O) groups is 1. The molecule has 0 fully saturated rings. The van der Waals surface area contributed by atoms with Gasteiger partial charge in [0, 0.05) is 25.4 Å². The molecule has 0 saturated carbocycles. The van der Waals surface area contributed by atoms with E-state index in [1.165, 1.54) is 22.9 Å². The molecule has 76 valence electrons. The largest absolute Gasteiger partial charge is 0.350 e. The second-order valence-corrected chi connectivity index (χ2v) is 3.50.